The number of allylic oxidation sites excluding steroid dienone is 3. The first-order valence-electron chi connectivity index (χ1n) is 4.53. The molecule has 0 aromatic rings. The van der Waals surface area contributed by atoms with Gasteiger partial charge < -0.3 is 0 Å². The minimum absolute atomic E-state index is 0.963. The summed E-state index contributed by atoms with van der Waals surface area (Å²) in [6, 6.07) is 0. The lowest BCUT2D eigenvalue weighted by atomic mass is 10.0. The minimum atomic E-state index is 0.963. The molecule has 0 saturated carbocycles. The van der Waals surface area contributed by atoms with Crippen LogP contribution in [0.1, 0.15) is 39.5 Å². The highest BCUT2D eigenvalue weighted by atomic mass is 14.1. The number of rotatable bonds is 0. The molecule has 0 bridgehead atoms. The smallest absolute Gasteiger partial charge is 0.0348 e. The Morgan fingerprint density at radius 2 is 1.64 bits per heavy atom. The Bertz CT molecular complexity index is 101. The van der Waals surface area contributed by atoms with Crippen molar-refractivity contribution in [2.24, 2.45) is 5.92 Å². The Morgan fingerprint density at radius 1 is 1.27 bits per heavy atom. The monoisotopic (exact) mass is 152 g/mol. The first kappa shape index (κ1) is 10.5. The van der Waals surface area contributed by atoms with Gasteiger partial charge in [-0.2, -0.15) is 0 Å². The normalized spacial score (nSPS) is 18.0. The average molecular weight is 152 g/mol. The van der Waals surface area contributed by atoms with Gasteiger partial charge >= 0.3 is 0 Å². The molecule has 0 unspecified atom stereocenters. The summed E-state index contributed by atoms with van der Waals surface area (Å²) in [5, 5.41) is 0. The Morgan fingerprint density at radius 3 is 2.00 bits per heavy atom. The van der Waals surface area contributed by atoms with Crippen molar-refractivity contribution in [3.63, 3.8) is 0 Å². The molecule has 0 atom stereocenters. The van der Waals surface area contributed by atoms with Gasteiger partial charge in [-0.15, -0.1) is 6.58 Å². The second kappa shape index (κ2) is 7.59. The van der Waals surface area contributed by atoms with E-state index in [4.69, 9.17) is 0 Å². The van der Waals surface area contributed by atoms with Crippen molar-refractivity contribution in [2.75, 3.05) is 0 Å². The molecule has 0 saturated heterocycles. The lowest BCUT2D eigenvalue weighted by Crippen LogP contribution is -1.89. The van der Waals surface area contributed by atoms with Crippen molar-refractivity contribution >= 4 is 0 Å². The van der Waals surface area contributed by atoms with Gasteiger partial charge in [-0.05, 0) is 38.5 Å². The lowest BCUT2D eigenvalue weighted by Gasteiger charge is -2.02. The largest absolute Gasteiger partial charge is 0.103 e. The molecule has 0 heterocycles. The highest BCUT2D eigenvalue weighted by Crippen LogP contribution is 2.16. The SMILES string of the molecule is C=CC.CC1CCC=CCC1. The molecule has 1 rings (SSSR count). The molecule has 0 aromatic carbocycles. The Labute approximate surface area is 71.0 Å². The van der Waals surface area contributed by atoms with Crippen LogP contribution in [0.3, 0.4) is 0 Å². The van der Waals surface area contributed by atoms with Gasteiger partial charge in [0.05, 0.1) is 0 Å². The second-order valence-electron chi connectivity index (χ2n) is 3.14. The van der Waals surface area contributed by atoms with Crippen molar-refractivity contribution in [2.45, 2.75) is 39.5 Å². The maximum Gasteiger partial charge on any atom is -0.0348 e. The quantitative estimate of drug-likeness (QED) is 0.461. The predicted molar refractivity (Wildman–Crippen MR) is 52.6 cm³/mol. The van der Waals surface area contributed by atoms with Gasteiger partial charge in [0.2, 0.25) is 0 Å². The van der Waals surface area contributed by atoms with E-state index in [0.29, 0.717) is 0 Å². The maximum absolute atomic E-state index is 3.36. The van der Waals surface area contributed by atoms with Crippen molar-refractivity contribution in [1.82, 2.24) is 0 Å². The zero-order valence-electron chi connectivity index (χ0n) is 7.84. The maximum atomic E-state index is 3.36. The number of hydrogen-bond acceptors (Lipinski definition) is 0. The molecule has 0 N–H and O–H groups in total. The van der Waals surface area contributed by atoms with E-state index in [9.17, 15) is 0 Å². The lowest BCUT2D eigenvalue weighted by molar-refractivity contribution is 0.513. The summed E-state index contributed by atoms with van der Waals surface area (Å²) >= 11 is 0. The summed E-state index contributed by atoms with van der Waals surface area (Å²) in [7, 11) is 0. The number of hydrogen-bond donors (Lipinski definition) is 0. The van der Waals surface area contributed by atoms with E-state index >= 15 is 0 Å². The van der Waals surface area contributed by atoms with E-state index in [-0.39, 0.29) is 0 Å². The fraction of sp³-hybridized carbons (Fsp3) is 0.636. The zero-order chi connectivity index (χ0) is 8.53. The van der Waals surface area contributed by atoms with Crippen LogP contribution in [0, 0.1) is 5.92 Å². The Balaban J connectivity index is 0.000000292. The molecule has 0 amide bonds. The molecule has 0 nitrogen and oxygen atoms in total. The molecule has 11 heavy (non-hydrogen) atoms. The molecule has 0 fully saturated rings. The third-order valence-electron chi connectivity index (χ3n) is 1.82. The van der Waals surface area contributed by atoms with Crippen LogP contribution in [-0.2, 0) is 0 Å². The summed E-state index contributed by atoms with van der Waals surface area (Å²) in [6.45, 7) is 7.59. The minimum Gasteiger partial charge on any atom is -0.103 e. The van der Waals surface area contributed by atoms with Crippen LogP contribution in [0.15, 0.2) is 24.8 Å². The molecule has 0 radical (unpaired) electrons. The predicted octanol–water partition coefficient (Wildman–Crippen LogP) is 3.95. The van der Waals surface area contributed by atoms with E-state index in [1.807, 2.05) is 6.92 Å². The molecule has 0 aliphatic heterocycles. The van der Waals surface area contributed by atoms with Crippen molar-refractivity contribution in [3.05, 3.63) is 24.8 Å². The van der Waals surface area contributed by atoms with E-state index < -0.39 is 0 Å². The van der Waals surface area contributed by atoms with Crippen LogP contribution in [0.4, 0.5) is 0 Å². The molecule has 1 aliphatic carbocycles. The van der Waals surface area contributed by atoms with Crippen LogP contribution in [0.5, 0.6) is 0 Å². The van der Waals surface area contributed by atoms with Gasteiger partial charge in [-0.3, -0.25) is 0 Å². The first-order chi connectivity index (χ1) is 5.31. The fourth-order valence-electron chi connectivity index (χ4n) is 1.14. The highest BCUT2D eigenvalue weighted by Gasteiger charge is 2.00. The van der Waals surface area contributed by atoms with E-state index in [2.05, 4.69) is 25.7 Å². The fourth-order valence-corrected chi connectivity index (χ4v) is 1.14. The molecule has 64 valence electrons. The Kier molecular flexibility index (Phi) is 7.23. The van der Waals surface area contributed by atoms with Gasteiger partial charge in [0.25, 0.3) is 0 Å². The molecular formula is C11H20. The van der Waals surface area contributed by atoms with Gasteiger partial charge in [-0.25, -0.2) is 0 Å². The van der Waals surface area contributed by atoms with E-state index in [1.54, 1.807) is 6.08 Å². The first-order valence-corrected chi connectivity index (χ1v) is 4.53. The topological polar surface area (TPSA) is 0 Å². The zero-order valence-corrected chi connectivity index (χ0v) is 7.84. The second-order valence-corrected chi connectivity index (χ2v) is 3.14. The van der Waals surface area contributed by atoms with Crippen molar-refractivity contribution in [3.8, 4) is 0 Å². The summed E-state index contributed by atoms with van der Waals surface area (Å²) < 4.78 is 0. The molecular weight excluding hydrogens is 132 g/mol. The average Bonchev–Trinajstić information content (AvgIpc) is 2.18. The van der Waals surface area contributed by atoms with Crippen LogP contribution in [-0.4, -0.2) is 0 Å². The van der Waals surface area contributed by atoms with Crippen LogP contribution in [0.25, 0.3) is 0 Å². The highest BCUT2D eigenvalue weighted by molar-refractivity contribution is 4.85. The van der Waals surface area contributed by atoms with Crippen LogP contribution in [0.2, 0.25) is 0 Å². The Hall–Kier alpha value is -0.520. The van der Waals surface area contributed by atoms with Gasteiger partial charge in [0, 0.05) is 0 Å². The van der Waals surface area contributed by atoms with Crippen molar-refractivity contribution < 1.29 is 0 Å². The van der Waals surface area contributed by atoms with Gasteiger partial charge in [0.15, 0.2) is 0 Å². The van der Waals surface area contributed by atoms with Gasteiger partial charge in [0.1, 0.15) is 0 Å². The van der Waals surface area contributed by atoms with E-state index in [1.165, 1.54) is 25.7 Å². The molecule has 0 spiro atoms. The molecule has 0 aromatic heterocycles. The summed E-state index contributed by atoms with van der Waals surface area (Å²) in [5.74, 6) is 0.963. The van der Waals surface area contributed by atoms with Crippen LogP contribution < -0.4 is 0 Å². The summed E-state index contributed by atoms with van der Waals surface area (Å²) in [5.41, 5.74) is 0. The standard InChI is InChI=1S/C8H14.C3H6/c1-8-6-4-2-3-5-7-8;1-3-2/h2-3,8H,4-7H2,1H3;3H,1H2,2H3. The summed E-state index contributed by atoms with van der Waals surface area (Å²) in [6.07, 6.45) is 11.8. The third kappa shape index (κ3) is 7.38. The van der Waals surface area contributed by atoms with Crippen LogP contribution >= 0.6 is 0 Å². The van der Waals surface area contributed by atoms with E-state index in [0.717, 1.165) is 5.92 Å². The van der Waals surface area contributed by atoms with Crippen molar-refractivity contribution in [1.29, 1.82) is 0 Å². The molecule has 0 heteroatoms. The molecule has 1 aliphatic rings. The van der Waals surface area contributed by atoms with Gasteiger partial charge in [-0.1, -0.05) is 25.2 Å². The third-order valence-corrected chi connectivity index (χ3v) is 1.82. The summed E-state index contributed by atoms with van der Waals surface area (Å²) in [4.78, 5) is 0.